The number of likely N-dealkylation sites (N-methyl/N-ethyl adjacent to an activating group) is 1. The van der Waals surface area contributed by atoms with E-state index in [1.54, 1.807) is 23.0 Å². The van der Waals surface area contributed by atoms with Gasteiger partial charge in [0.05, 0.1) is 21.3 Å². The highest BCUT2D eigenvalue weighted by Crippen LogP contribution is 2.28. The van der Waals surface area contributed by atoms with Crippen LogP contribution < -0.4 is 4.74 Å². The molecule has 0 saturated carbocycles. The minimum Gasteiger partial charge on any atom is -0.483 e. The predicted octanol–water partition coefficient (Wildman–Crippen LogP) is 2.77. The topological polar surface area (TPSA) is 73.4 Å². The van der Waals surface area contributed by atoms with Gasteiger partial charge in [-0.2, -0.15) is 5.10 Å². The van der Waals surface area contributed by atoms with Gasteiger partial charge in [0.2, 0.25) is 0 Å². The van der Waals surface area contributed by atoms with Crippen LogP contribution in [0.2, 0.25) is 0 Å². The van der Waals surface area contributed by atoms with Gasteiger partial charge in [0, 0.05) is 25.7 Å². The standard InChI is InChI=1S/C14H17BrN4O3/c1-17(2)9-13(14-12(15)8-16-18(14)3)22-11-6-4-10(5-7-11)19(20)21/h4-8,13H,9H2,1-3H3. The minimum atomic E-state index is -0.432. The highest BCUT2D eigenvalue weighted by Gasteiger charge is 2.22. The van der Waals surface area contributed by atoms with E-state index in [1.807, 2.05) is 26.0 Å². The number of aromatic nitrogens is 2. The van der Waals surface area contributed by atoms with Gasteiger partial charge in [-0.25, -0.2) is 0 Å². The Bertz CT molecular complexity index is 635. The van der Waals surface area contributed by atoms with Crippen molar-refractivity contribution in [1.82, 2.24) is 14.7 Å². The monoisotopic (exact) mass is 368 g/mol. The average Bonchev–Trinajstić information content (AvgIpc) is 2.77. The van der Waals surface area contributed by atoms with E-state index in [4.69, 9.17) is 4.74 Å². The maximum absolute atomic E-state index is 10.7. The number of rotatable bonds is 6. The average molecular weight is 369 g/mol. The molecule has 1 aromatic heterocycles. The number of nitro groups is 1. The minimum absolute atomic E-state index is 0.0400. The number of benzene rings is 1. The lowest BCUT2D eigenvalue weighted by molar-refractivity contribution is -0.384. The van der Waals surface area contributed by atoms with Gasteiger partial charge in [-0.3, -0.25) is 14.8 Å². The molecule has 0 spiro atoms. The lowest BCUT2D eigenvalue weighted by Gasteiger charge is -2.23. The van der Waals surface area contributed by atoms with Crippen molar-refractivity contribution in [1.29, 1.82) is 0 Å². The van der Waals surface area contributed by atoms with Gasteiger partial charge in [0.15, 0.2) is 6.10 Å². The molecule has 0 aliphatic heterocycles. The first kappa shape index (κ1) is 16.4. The lowest BCUT2D eigenvalue weighted by atomic mass is 10.2. The molecule has 2 rings (SSSR count). The van der Waals surface area contributed by atoms with Crippen LogP contribution in [-0.4, -0.2) is 40.2 Å². The molecule has 0 aliphatic rings. The molecule has 118 valence electrons. The number of hydrogen-bond donors (Lipinski definition) is 0. The van der Waals surface area contributed by atoms with Gasteiger partial charge >= 0.3 is 0 Å². The molecule has 22 heavy (non-hydrogen) atoms. The van der Waals surface area contributed by atoms with Crippen molar-refractivity contribution >= 4 is 21.6 Å². The Morgan fingerprint density at radius 3 is 2.50 bits per heavy atom. The molecule has 8 heteroatoms. The lowest BCUT2D eigenvalue weighted by Crippen LogP contribution is -2.26. The summed E-state index contributed by atoms with van der Waals surface area (Å²) in [5.74, 6) is 0.575. The molecule has 1 unspecified atom stereocenters. The molecular weight excluding hydrogens is 352 g/mol. The molecule has 0 radical (unpaired) electrons. The fourth-order valence-corrected chi connectivity index (χ4v) is 2.71. The highest BCUT2D eigenvalue weighted by molar-refractivity contribution is 9.10. The van der Waals surface area contributed by atoms with Crippen LogP contribution in [0.1, 0.15) is 11.8 Å². The van der Waals surface area contributed by atoms with Gasteiger partial charge in [-0.15, -0.1) is 0 Å². The maximum atomic E-state index is 10.7. The van der Waals surface area contributed by atoms with Gasteiger partial charge < -0.3 is 9.64 Å². The first-order valence-electron chi connectivity index (χ1n) is 6.61. The number of hydrogen-bond acceptors (Lipinski definition) is 5. The SMILES string of the molecule is CN(C)CC(Oc1ccc([N+](=O)[O-])cc1)c1c(Br)cnn1C. The van der Waals surface area contributed by atoms with Gasteiger partial charge in [0.25, 0.3) is 5.69 Å². The number of aryl methyl sites for hydroxylation is 1. The summed E-state index contributed by atoms with van der Waals surface area (Å²) in [6, 6.07) is 6.07. The number of halogens is 1. The molecule has 0 bridgehead atoms. The Balaban J connectivity index is 2.25. The second-order valence-corrected chi connectivity index (χ2v) is 5.98. The summed E-state index contributed by atoms with van der Waals surface area (Å²) in [6.07, 6.45) is 1.47. The van der Waals surface area contributed by atoms with E-state index >= 15 is 0 Å². The normalized spacial score (nSPS) is 12.4. The fraction of sp³-hybridized carbons (Fsp3) is 0.357. The summed E-state index contributed by atoms with van der Waals surface area (Å²) in [6.45, 7) is 0.648. The quantitative estimate of drug-likeness (QED) is 0.578. The first-order chi connectivity index (χ1) is 10.4. The third-order valence-corrected chi connectivity index (χ3v) is 3.71. The molecule has 0 amide bonds. The van der Waals surface area contributed by atoms with Crippen LogP contribution in [0.5, 0.6) is 5.75 Å². The Kier molecular flexibility index (Phi) is 5.15. The summed E-state index contributed by atoms with van der Waals surface area (Å²) < 4.78 is 8.63. The third-order valence-electron chi connectivity index (χ3n) is 3.10. The first-order valence-corrected chi connectivity index (χ1v) is 7.41. The van der Waals surface area contributed by atoms with E-state index in [2.05, 4.69) is 21.0 Å². The molecule has 1 aromatic carbocycles. The van der Waals surface area contributed by atoms with Crippen LogP contribution in [0.3, 0.4) is 0 Å². The number of nitro benzene ring substituents is 1. The van der Waals surface area contributed by atoms with Crippen LogP contribution in [0.25, 0.3) is 0 Å². The zero-order valence-corrected chi connectivity index (χ0v) is 14.1. The fourth-order valence-electron chi connectivity index (χ4n) is 2.10. The van der Waals surface area contributed by atoms with Crippen molar-refractivity contribution in [2.45, 2.75) is 6.10 Å². The molecule has 1 heterocycles. The molecule has 7 nitrogen and oxygen atoms in total. The van der Waals surface area contributed by atoms with Crippen molar-refractivity contribution in [3.05, 3.63) is 50.7 Å². The Morgan fingerprint density at radius 1 is 1.41 bits per heavy atom. The Hall–Kier alpha value is -1.93. The smallest absolute Gasteiger partial charge is 0.269 e. The van der Waals surface area contributed by atoms with E-state index in [-0.39, 0.29) is 11.8 Å². The highest BCUT2D eigenvalue weighted by atomic mass is 79.9. The largest absolute Gasteiger partial charge is 0.483 e. The number of non-ortho nitro benzene ring substituents is 1. The molecule has 0 aliphatic carbocycles. The van der Waals surface area contributed by atoms with Crippen molar-refractivity contribution in [2.75, 3.05) is 20.6 Å². The zero-order valence-electron chi connectivity index (χ0n) is 12.6. The maximum Gasteiger partial charge on any atom is 0.269 e. The molecular formula is C14H17BrN4O3. The van der Waals surface area contributed by atoms with E-state index < -0.39 is 4.92 Å². The van der Waals surface area contributed by atoms with Crippen LogP contribution in [0.15, 0.2) is 34.9 Å². The van der Waals surface area contributed by atoms with Crippen molar-refractivity contribution in [2.24, 2.45) is 7.05 Å². The Morgan fingerprint density at radius 2 is 2.05 bits per heavy atom. The Labute approximate surface area is 136 Å². The molecule has 0 saturated heterocycles. The molecule has 1 atom stereocenters. The summed E-state index contributed by atoms with van der Waals surface area (Å²) in [7, 11) is 5.76. The van der Waals surface area contributed by atoms with Crippen LogP contribution in [-0.2, 0) is 7.05 Å². The van der Waals surface area contributed by atoms with Gasteiger partial charge in [-0.1, -0.05) is 0 Å². The molecule has 0 fully saturated rings. The zero-order chi connectivity index (χ0) is 16.3. The van der Waals surface area contributed by atoms with Crippen molar-refractivity contribution < 1.29 is 9.66 Å². The van der Waals surface area contributed by atoms with E-state index in [0.29, 0.717) is 12.3 Å². The van der Waals surface area contributed by atoms with Crippen LogP contribution >= 0.6 is 15.9 Å². The second-order valence-electron chi connectivity index (χ2n) is 5.12. The van der Waals surface area contributed by atoms with Crippen LogP contribution in [0.4, 0.5) is 5.69 Å². The third kappa shape index (κ3) is 3.83. The van der Waals surface area contributed by atoms with Crippen molar-refractivity contribution in [3.63, 3.8) is 0 Å². The number of nitrogens with zero attached hydrogens (tertiary/aromatic N) is 4. The summed E-state index contributed by atoms with van der Waals surface area (Å²) in [5, 5.41) is 14.9. The van der Waals surface area contributed by atoms with E-state index in [9.17, 15) is 10.1 Å². The van der Waals surface area contributed by atoms with Crippen molar-refractivity contribution in [3.8, 4) is 5.75 Å². The second kappa shape index (κ2) is 6.89. The molecule has 2 aromatic rings. The van der Waals surface area contributed by atoms with Gasteiger partial charge in [0.1, 0.15) is 5.75 Å². The predicted molar refractivity (Wildman–Crippen MR) is 85.9 cm³/mol. The van der Waals surface area contributed by atoms with Crippen LogP contribution in [0, 0.1) is 10.1 Å². The summed E-state index contributed by atoms with van der Waals surface area (Å²) in [4.78, 5) is 12.3. The van der Waals surface area contributed by atoms with E-state index in [1.165, 1.54) is 12.1 Å². The van der Waals surface area contributed by atoms with Gasteiger partial charge in [-0.05, 0) is 42.2 Å². The van der Waals surface area contributed by atoms with E-state index in [0.717, 1.165) is 10.2 Å². The summed E-state index contributed by atoms with van der Waals surface area (Å²) >= 11 is 3.48. The summed E-state index contributed by atoms with van der Waals surface area (Å²) in [5.41, 5.74) is 0.949. The number of ether oxygens (including phenoxy) is 1. The molecule has 0 N–H and O–H groups in total.